The molecular weight excluding hydrogens is 203 g/mol. The average Bonchev–Trinajstić information content (AvgIpc) is 2.12. The molecule has 66 valence electrons. The van der Waals surface area contributed by atoms with E-state index >= 15 is 0 Å². The molecule has 0 fully saturated rings. The van der Waals surface area contributed by atoms with Crippen LogP contribution in [-0.2, 0) is 0 Å². The van der Waals surface area contributed by atoms with Gasteiger partial charge in [-0.2, -0.15) is 0 Å². The summed E-state index contributed by atoms with van der Waals surface area (Å²) < 4.78 is 0. The van der Waals surface area contributed by atoms with Crippen molar-refractivity contribution in [3.63, 3.8) is 0 Å². The Morgan fingerprint density at radius 3 is 2.54 bits per heavy atom. The predicted octanol–water partition coefficient (Wildman–Crippen LogP) is 4.46. The molecule has 0 bridgehead atoms. The van der Waals surface area contributed by atoms with Crippen molar-refractivity contribution in [3.05, 3.63) is 45.9 Å². The van der Waals surface area contributed by atoms with E-state index in [-0.39, 0.29) is 0 Å². The molecule has 2 rings (SSSR count). The van der Waals surface area contributed by atoms with Crippen LogP contribution in [0.2, 0.25) is 10.0 Å². The quantitative estimate of drug-likeness (QED) is 0.603. The first kappa shape index (κ1) is 8.86. The maximum Gasteiger partial charge on any atom is 0.0441 e. The van der Waals surface area contributed by atoms with Crippen LogP contribution in [0, 0.1) is 6.92 Å². The summed E-state index contributed by atoms with van der Waals surface area (Å²) in [6.07, 6.45) is 0. The lowest BCUT2D eigenvalue weighted by molar-refractivity contribution is 1.53. The van der Waals surface area contributed by atoms with Gasteiger partial charge in [-0.1, -0.05) is 35.3 Å². The van der Waals surface area contributed by atoms with Crippen LogP contribution in [0.1, 0.15) is 5.56 Å². The highest BCUT2D eigenvalue weighted by Gasteiger charge is 2.01. The molecule has 0 radical (unpaired) electrons. The second-order valence-electron chi connectivity index (χ2n) is 3.04. The summed E-state index contributed by atoms with van der Waals surface area (Å²) in [5.41, 5.74) is 1.11. The van der Waals surface area contributed by atoms with E-state index in [1.165, 1.54) is 0 Å². The summed E-state index contributed by atoms with van der Waals surface area (Å²) >= 11 is 11.9. The minimum atomic E-state index is 0.759. The first-order valence-electron chi connectivity index (χ1n) is 4.03. The number of benzene rings is 2. The third-order valence-electron chi connectivity index (χ3n) is 2.19. The molecule has 0 unspecified atom stereocenters. The van der Waals surface area contributed by atoms with Crippen LogP contribution in [0.3, 0.4) is 0 Å². The number of halogens is 2. The summed E-state index contributed by atoms with van der Waals surface area (Å²) in [6.45, 7) is 2.01. The summed E-state index contributed by atoms with van der Waals surface area (Å²) in [5.74, 6) is 0. The molecule has 0 aliphatic heterocycles. The molecule has 13 heavy (non-hydrogen) atoms. The Morgan fingerprint density at radius 2 is 1.77 bits per heavy atom. The molecule has 0 saturated carbocycles. The fourth-order valence-corrected chi connectivity index (χ4v) is 1.77. The normalized spacial score (nSPS) is 10.7. The van der Waals surface area contributed by atoms with Gasteiger partial charge in [0.1, 0.15) is 0 Å². The van der Waals surface area contributed by atoms with Crippen LogP contribution >= 0.6 is 23.2 Å². The fraction of sp³-hybridized carbons (Fsp3) is 0.0909. The second kappa shape index (κ2) is 3.21. The van der Waals surface area contributed by atoms with Gasteiger partial charge in [-0.15, -0.1) is 0 Å². The molecule has 0 atom stereocenters. The summed E-state index contributed by atoms with van der Waals surface area (Å²) in [5, 5.41) is 3.86. The van der Waals surface area contributed by atoms with Crippen LogP contribution in [0.5, 0.6) is 0 Å². The minimum absolute atomic E-state index is 0.759. The lowest BCUT2D eigenvalue weighted by atomic mass is 10.1. The highest BCUT2D eigenvalue weighted by atomic mass is 35.5. The Morgan fingerprint density at radius 1 is 1.00 bits per heavy atom. The molecule has 2 aromatic carbocycles. The first-order chi connectivity index (χ1) is 6.18. The van der Waals surface area contributed by atoms with Crippen molar-refractivity contribution in [3.8, 4) is 0 Å². The zero-order valence-electron chi connectivity index (χ0n) is 7.14. The van der Waals surface area contributed by atoms with Crippen molar-refractivity contribution in [1.82, 2.24) is 0 Å². The van der Waals surface area contributed by atoms with Crippen molar-refractivity contribution in [2.24, 2.45) is 0 Å². The predicted molar refractivity (Wildman–Crippen MR) is 58.7 cm³/mol. The number of fused-ring (bicyclic) bond motifs is 1. The van der Waals surface area contributed by atoms with Crippen molar-refractivity contribution in [2.75, 3.05) is 0 Å². The van der Waals surface area contributed by atoms with Crippen LogP contribution in [0.4, 0.5) is 0 Å². The number of hydrogen-bond acceptors (Lipinski definition) is 0. The molecule has 0 nitrogen and oxygen atoms in total. The molecule has 0 spiro atoms. The van der Waals surface area contributed by atoms with Crippen LogP contribution < -0.4 is 0 Å². The summed E-state index contributed by atoms with van der Waals surface area (Å²) in [4.78, 5) is 0. The van der Waals surface area contributed by atoms with E-state index in [4.69, 9.17) is 23.2 Å². The van der Waals surface area contributed by atoms with Gasteiger partial charge in [-0.05, 0) is 41.5 Å². The SMILES string of the molecule is Cc1c(Cl)ccc2cc(Cl)ccc12. The maximum atomic E-state index is 5.99. The smallest absolute Gasteiger partial charge is 0.0441 e. The number of hydrogen-bond donors (Lipinski definition) is 0. The largest absolute Gasteiger partial charge is 0.0843 e. The summed E-state index contributed by atoms with van der Waals surface area (Å²) in [7, 11) is 0. The highest BCUT2D eigenvalue weighted by Crippen LogP contribution is 2.27. The van der Waals surface area contributed by atoms with E-state index in [2.05, 4.69) is 0 Å². The van der Waals surface area contributed by atoms with Crippen LogP contribution in [0.25, 0.3) is 10.8 Å². The molecule has 0 heterocycles. The van der Waals surface area contributed by atoms with Gasteiger partial charge >= 0.3 is 0 Å². The van der Waals surface area contributed by atoms with Gasteiger partial charge in [0.25, 0.3) is 0 Å². The van der Waals surface area contributed by atoms with E-state index in [1.807, 2.05) is 37.3 Å². The molecule has 0 saturated heterocycles. The van der Waals surface area contributed by atoms with E-state index in [9.17, 15) is 0 Å². The van der Waals surface area contributed by atoms with Gasteiger partial charge in [-0.3, -0.25) is 0 Å². The van der Waals surface area contributed by atoms with E-state index < -0.39 is 0 Å². The van der Waals surface area contributed by atoms with Gasteiger partial charge in [0.05, 0.1) is 0 Å². The minimum Gasteiger partial charge on any atom is -0.0843 e. The Bertz CT molecular complexity index is 461. The molecule has 0 aliphatic rings. The molecule has 0 N–H and O–H groups in total. The molecule has 0 aromatic heterocycles. The van der Waals surface area contributed by atoms with Gasteiger partial charge in [0.2, 0.25) is 0 Å². The van der Waals surface area contributed by atoms with Crippen molar-refractivity contribution >= 4 is 34.0 Å². The maximum absolute atomic E-state index is 5.99. The lowest BCUT2D eigenvalue weighted by Gasteiger charge is -2.03. The number of rotatable bonds is 0. The third kappa shape index (κ3) is 1.52. The highest BCUT2D eigenvalue weighted by molar-refractivity contribution is 6.33. The van der Waals surface area contributed by atoms with Gasteiger partial charge < -0.3 is 0 Å². The van der Waals surface area contributed by atoms with Gasteiger partial charge in [0.15, 0.2) is 0 Å². The Hall–Kier alpha value is -0.720. The molecule has 0 aliphatic carbocycles. The molecule has 0 amide bonds. The molecule has 2 aromatic rings. The zero-order valence-corrected chi connectivity index (χ0v) is 8.65. The standard InChI is InChI=1S/C11H8Cl2/c1-7-10-4-3-9(12)6-8(10)2-5-11(7)13/h2-6H,1H3. The van der Waals surface area contributed by atoms with Crippen LogP contribution in [-0.4, -0.2) is 0 Å². The van der Waals surface area contributed by atoms with Gasteiger partial charge in [0, 0.05) is 10.0 Å². The zero-order chi connectivity index (χ0) is 9.42. The van der Waals surface area contributed by atoms with Crippen molar-refractivity contribution in [1.29, 1.82) is 0 Å². The Balaban J connectivity index is 2.87. The third-order valence-corrected chi connectivity index (χ3v) is 2.83. The summed E-state index contributed by atoms with van der Waals surface area (Å²) in [6, 6.07) is 9.71. The Kier molecular flexibility index (Phi) is 2.19. The molecular formula is C11H8Cl2. The topological polar surface area (TPSA) is 0 Å². The average molecular weight is 211 g/mol. The van der Waals surface area contributed by atoms with Crippen molar-refractivity contribution in [2.45, 2.75) is 6.92 Å². The molecule has 2 heteroatoms. The van der Waals surface area contributed by atoms with E-state index in [0.29, 0.717) is 0 Å². The lowest BCUT2D eigenvalue weighted by Crippen LogP contribution is -1.79. The van der Waals surface area contributed by atoms with Crippen LogP contribution in [0.15, 0.2) is 30.3 Å². The van der Waals surface area contributed by atoms with E-state index in [1.54, 1.807) is 0 Å². The Labute approximate surface area is 87.1 Å². The first-order valence-corrected chi connectivity index (χ1v) is 4.78. The number of aryl methyl sites for hydroxylation is 1. The second-order valence-corrected chi connectivity index (χ2v) is 3.88. The van der Waals surface area contributed by atoms with Crippen molar-refractivity contribution < 1.29 is 0 Å². The van der Waals surface area contributed by atoms with Gasteiger partial charge in [-0.25, -0.2) is 0 Å². The monoisotopic (exact) mass is 210 g/mol. The fourth-order valence-electron chi connectivity index (χ4n) is 1.43. The van der Waals surface area contributed by atoms with E-state index in [0.717, 1.165) is 26.4 Å².